The largest absolute Gasteiger partial charge is 0.268 e. The third kappa shape index (κ3) is 3.84. The van der Waals surface area contributed by atoms with Crippen molar-refractivity contribution in [3.8, 4) is 12.3 Å². The van der Waals surface area contributed by atoms with Crippen LogP contribution in [0.2, 0.25) is 0 Å². The van der Waals surface area contributed by atoms with Crippen LogP contribution in [0.3, 0.4) is 0 Å². The standard InChI is InChI=1S/C14H13NOS.C2H6/c1-4-12-5-6-13(10(2)7-12)9-15-14(16)8-11(3)17-15;1-2/h1,5-8H,9H2,2-3H3;1-2H3. The van der Waals surface area contributed by atoms with Gasteiger partial charge in [-0.25, -0.2) is 0 Å². The van der Waals surface area contributed by atoms with Gasteiger partial charge >= 0.3 is 0 Å². The van der Waals surface area contributed by atoms with E-state index in [0.717, 1.165) is 21.6 Å². The summed E-state index contributed by atoms with van der Waals surface area (Å²) < 4.78 is 1.76. The lowest BCUT2D eigenvalue weighted by atomic mass is 10.1. The molecule has 0 radical (unpaired) electrons. The molecule has 0 N–H and O–H groups in total. The van der Waals surface area contributed by atoms with E-state index in [0.29, 0.717) is 6.54 Å². The second kappa shape index (κ2) is 6.96. The number of hydrogen-bond acceptors (Lipinski definition) is 2. The molecule has 2 aromatic rings. The molecule has 0 aliphatic heterocycles. The molecule has 0 atom stereocenters. The molecule has 0 amide bonds. The highest BCUT2D eigenvalue weighted by Gasteiger charge is 2.04. The lowest BCUT2D eigenvalue weighted by Gasteiger charge is -2.06. The zero-order valence-corrected chi connectivity index (χ0v) is 12.7. The maximum atomic E-state index is 11.6. The van der Waals surface area contributed by atoms with Crippen molar-refractivity contribution in [1.82, 2.24) is 3.96 Å². The van der Waals surface area contributed by atoms with E-state index < -0.39 is 0 Å². The van der Waals surface area contributed by atoms with Crippen LogP contribution in [-0.2, 0) is 6.54 Å². The second-order valence-electron chi connectivity index (χ2n) is 4.01. The molecule has 1 aromatic heterocycles. The van der Waals surface area contributed by atoms with Crippen LogP contribution in [0.25, 0.3) is 0 Å². The van der Waals surface area contributed by atoms with Gasteiger partial charge in [-0.15, -0.1) is 6.42 Å². The average molecular weight is 273 g/mol. The van der Waals surface area contributed by atoms with Crippen LogP contribution in [0.15, 0.2) is 29.1 Å². The fourth-order valence-corrected chi connectivity index (χ4v) is 2.57. The monoisotopic (exact) mass is 273 g/mol. The van der Waals surface area contributed by atoms with E-state index in [1.165, 1.54) is 11.5 Å². The quantitative estimate of drug-likeness (QED) is 0.767. The average Bonchev–Trinajstić information content (AvgIpc) is 2.72. The Morgan fingerprint density at radius 3 is 2.42 bits per heavy atom. The van der Waals surface area contributed by atoms with Gasteiger partial charge in [0, 0.05) is 16.5 Å². The third-order valence-corrected chi connectivity index (χ3v) is 3.59. The first kappa shape index (κ1) is 15.3. The maximum absolute atomic E-state index is 11.6. The number of benzene rings is 1. The highest BCUT2D eigenvalue weighted by Crippen LogP contribution is 2.13. The third-order valence-electron chi connectivity index (χ3n) is 2.65. The lowest BCUT2D eigenvalue weighted by Crippen LogP contribution is -2.13. The van der Waals surface area contributed by atoms with Gasteiger partial charge in [-0.2, -0.15) is 0 Å². The Labute approximate surface area is 118 Å². The normalized spacial score (nSPS) is 9.42. The van der Waals surface area contributed by atoms with Crippen molar-refractivity contribution in [2.75, 3.05) is 0 Å². The molecule has 0 aliphatic carbocycles. The van der Waals surface area contributed by atoms with Crippen LogP contribution in [0, 0.1) is 26.2 Å². The molecule has 100 valence electrons. The summed E-state index contributed by atoms with van der Waals surface area (Å²) in [5, 5.41) is 0. The lowest BCUT2D eigenvalue weighted by molar-refractivity contribution is 0.842. The van der Waals surface area contributed by atoms with Gasteiger partial charge in [0.05, 0.1) is 6.54 Å². The zero-order chi connectivity index (χ0) is 14.4. The molecule has 0 fully saturated rings. The van der Waals surface area contributed by atoms with Crippen molar-refractivity contribution >= 4 is 11.5 Å². The minimum Gasteiger partial charge on any atom is -0.268 e. The van der Waals surface area contributed by atoms with E-state index in [9.17, 15) is 4.79 Å². The Morgan fingerprint density at radius 2 is 1.95 bits per heavy atom. The van der Waals surface area contributed by atoms with Crippen LogP contribution >= 0.6 is 11.5 Å². The summed E-state index contributed by atoms with van der Waals surface area (Å²) in [7, 11) is 0. The molecule has 1 aromatic carbocycles. The van der Waals surface area contributed by atoms with Gasteiger partial charge in [0.25, 0.3) is 5.56 Å². The molecule has 2 nitrogen and oxygen atoms in total. The van der Waals surface area contributed by atoms with E-state index in [2.05, 4.69) is 5.92 Å². The number of aromatic nitrogens is 1. The number of aryl methyl sites for hydroxylation is 2. The highest BCUT2D eigenvalue weighted by molar-refractivity contribution is 7.06. The summed E-state index contributed by atoms with van der Waals surface area (Å²) in [5.41, 5.74) is 3.19. The fraction of sp³-hybridized carbons (Fsp3) is 0.312. The fourth-order valence-electron chi connectivity index (χ4n) is 1.72. The second-order valence-corrected chi connectivity index (χ2v) is 5.27. The first-order chi connectivity index (χ1) is 9.10. The summed E-state index contributed by atoms with van der Waals surface area (Å²) in [6.45, 7) is 8.58. The zero-order valence-electron chi connectivity index (χ0n) is 11.9. The molecule has 0 spiro atoms. The number of nitrogens with zero attached hydrogens (tertiary/aromatic N) is 1. The van der Waals surface area contributed by atoms with E-state index in [1.54, 1.807) is 10.0 Å². The van der Waals surface area contributed by atoms with Crippen molar-refractivity contribution in [2.24, 2.45) is 0 Å². The van der Waals surface area contributed by atoms with Crippen molar-refractivity contribution in [1.29, 1.82) is 0 Å². The van der Waals surface area contributed by atoms with Gasteiger partial charge in [0.1, 0.15) is 0 Å². The summed E-state index contributed by atoms with van der Waals surface area (Å²) in [6, 6.07) is 7.54. The van der Waals surface area contributed by atoms with Crippen molar-refractivity contribution in [2.45, 2.75) is 34.2 Å². The predicted octanol–water partition coefficient (Wildman–Crippen LogP) is 3.58. The molecule has 0 bridgehead atoms. The number of terminal acetylenes is 1. The Bertz CT molecular complexity index is 643. The summed E-state index contributed by atoms with van der Waals surface area (Å²) in [4.78, 5) is 12.7. The van der Waals surface area contributed by atoms with E-state index in [1.807, 2.05) is 45.9 Å². The van der Waals surface area contributed by atoms with Crippen LogP contribution in [-0.4, -0.2) is 3.96 Å². The van der Waals surface area contributed by atoms with E-state index in [4.69, 9.17) is 6.42 Å². The number of hydrogen-bond donors (Lipinski definition) is 0. The van der Waals surface area contributed by atoms with Crippen molar-refractivity contribution < 1.29 is 0 Å². The van der Waals surface area contributed by atoms with Gasteiger partial charge < -0.3 is 0 Å². The molecule has 3 heteroatoms. The summed E-state index contributed by atoms with van der Waals surface area (Å²) in [5.74, 6) is 2.61. The molecule has 19 heavy (non-hydrogen) atoms. The van der Waals surface area contributed by atoms with Gasteiger partial charge in [0.15, 0.2) is 0 Å². The molecule has 0 saturated heterocycles. The highest BCUT2D eigenvalue weighted by atomic mass is 32.1. The minimum atomic E-state index is 0.0629. The number of rotatable bonds is 2. The van der Waals surface area contributed by atoms with Crippen molar-refractivity contribution in [3.63, 3.8) is 0 Å². The van der Waals surface area contributed by atoms with Gasteiger partial charge in [-0.3, -0.25) is 8.75 Å². The molecule has 0 aliphatic rings. The van der Waals surface area contributed by atoms with Crippen molar-refractivity contribution in [3.05, 3.63) is 56.2 Å². The minimum absolute atomic E-state index is 0.0629. The van der Waals surface area contributed by atoms with Gasteiger partial charge in [0.2, 0.25) is 0 Å². The Hall–Kier alpha value is -1.79. The van der Waals surface area contributed by atoms with Crippen LogP contribution in [0.1, 0.15) is 35.4 Å². The van der Waals surface area contributed by atoms with Gasteiger partial charge in [-0.05, 0) is 37.1 Å². The maximum Gasteiger partial charge on any atom is 0.261 e. The van der Waals surface area contributed by atoms with Gasteiger partial charge in [-0.1, -0.05) is 37.4 Å². The molecule has 0 saturated carbocycles. The molecular formula is C16H19NOS. The Kier molecular flexibility index (Phi) is 5.59. The smallest absolute Gasteiger partial charge is 0.261 e. The topological polar surface area (TPSA) is 22.0 Å². The first-order valence-corrected chi connectivity index (χ1v) is 7.11. The Morgan fingerprint density at radius 1 is 1.26 bits per heavy atom. The Balaban J connectivity index is 0.000000861. The molecule has 2 rings (SSSR count). The summed E-state index contributed by atoms with van der Waals surface area (Å²) >= 11 is 1.49. The summed E-state index contributed by atoms with van der Waals surface area (Å²) in [6.07, 6.45) is 5.35. The SMILES string of the molecule is C#Cc1ccc(Cn2sc(C)cc2=O)c(C)c1.CC. The van der Waals surface area contributed by atoms with E-state index in [-0.39, 0.29) is 5.56 Å². The first-order valence-electron chi connectivity index (χ1n) is 6.34. The van der Waals surface area contributed by atoms with Crippen LogP contribution in [0.5, 0.6) is 0 Å². The molecular weight excluding hydrogens is 254 g/mol. The van der Waals surface area contributed by atoms with Crippen LogP contribution in [0.4, 0.5) is 0 Å². The van der Waals surface area contributed by atoms with E-state index >= 15 is 0 Å². The molecule has 0 unspecified atom stereocenters. The molecule has 1 heterocycles. The predicted molar refractivity (Wildman–Crippen MR) is 82.9 cm³/mol. The van der Waals surface area contributed by atoms with Crippen LogP contribution < -0.4 is 5.56 Å².